The number of Topliss-reactive ketones (excluding diaryl/α,β-unsaturated/α-hetero) is 1. The summed E-state index contributed by atoms with van der Waals surface area (Å²) in [6, 6.07) is 10.2. The third-order valence-corrected chi connectivity index (χ3v) is 17.0. The first-order valence-corrected chi connectivity index (χ1v) is 28.7. The molecule has 3 N–H and O–H groups in total. The number of fused-ring (bicyclic) bond motifs is 6. The minimum Gasteiger partial charge on any atom is -0.464 e. The number of carbonyl (C=O) groups excluding carboxylic acids is 6. The molecule has 416 valence electrons. The van der Waals surface area contributed by atoms with E-state index in [1.807, 2.05) is 32.2 Å². The molecular formula is C61H83N7O9. The molecule has 9 rings (SSSR count). The fourth-order valence-corrected chi connectivity index (χ4v) is 12.6. The summed E-state index contributed by atoms with van der Waals surface area (Å²) in [5, 5.41) is 9.03. The number of likely N-dealkylation sites (N-methyl/N-ethyl adjacent to an activating group) is 1. The normalized spacial score (nSPS) is 24.1. The minimum atomic E-state index is -1.09. The Labute approximate surface area is 454 Å². The van der Waals surface area contributed by atoms with Gasteiger partial charge < -0.3 is 29.0 Å². The second kappa shape index (κ2) is 23.7. The van der Waals surface area contributed by atoms with E-state index < -0.39 is 47.2 Å². The molecule has 3 aromatic rings. The Balaban J connectivity index is 1.08. The lowest BCUT2D eigenvalue weighted by atomic mass is 9.81. The molecule has 1 unspecified atom stereocenters. The van der Waals surface area contributed by atoms with Crippen molar-refractivity contribution in [1.82, 2.24) is 30.5 Å². The van der Waals surface area contributed by atoms with E-state index in [9.17, 15) is 19.2 Å². The number of ketones is 1. The standard InChI is InChI=1S/C61H83N7O9/c1-10-67-51-22-21-41-31-47(51)48(55(67)45-17-13-23-62-52(45)37(5)75-9)32-61(6,7)34-76-60(74)49-18-14-24-68(65-49)57(71)50(29-38-27-42(41)30-44(28-38)77-59(73)35(2)3)63-56(70)46(39-15-11-12-16-39)26-36(4)25-43(69)33-66(8)58(72)54-53(64-54)40-19-20-40/h21-23,27-28,30-31,35-37,39-40,46,49-50,53-54,64-65H,10-20,24-26,29,32-34H2,1-9H3,(H,63,70)/t36?,37-,46-,49-,50-,53+,54+/m0/s1. The highest BCUT2D eigenvalue weighted by Crippen LogP contribution is 2.43. The summed E-state index contributed by atoms with van der Waals surface area (Å²) in [6.45, 7) is 15.1. The summed E-state index contributed by atoms with van der Waals surface area (Å²) in [4.78, 5) is 90.9. The van der Waals surface area contributed by atoms with E-state index in [1.54, 1.807) is 34.1 Å². The van der Waals surface area contributed by atoms with Crippen LogP contribution >= 0.6 is 0 Å². The molecule has 3 amide bonds. The fourth-order valence-electron chi connectivity index (χ4n) is 12.6. The van der Waals surface area contributed by atoms with Gasteiger partial charge in [-0.05, 0) is 142 Å². The van der Waals surface area contributed by atoms with Crippen LogP contribution in [0.2, 0.25) is 0 Å². The van der Waals surface area contributed by atoms with E-state index in [0.717, 1.165) is 95.9 Å². The number of aliphatic imine (C=N–C) groups is 1. The molecule has 4 aliphatic heterocycles. The lowest BCUT2D eigenvalue weighted by molar-refractivity contribution is -0.155. The van der Waals surface area contributed by atoms with E-state index in [4.69, 9.17) is 19.2 Å². The number of methoxy groups -OCH3 is 1. The predicted octanol–water partition coefficient (Wildman–Crippen LogP) is 8.15. The number of carbonyl (C=O) groups is 6. The van der Waals surface area contributed by atoms with E-state index in [0.29, 0.717) is 56.0 Å². The third kappa shape index (κ3) is 12.9. The zero-order valence-electron chi connectivity index (χ0n) is 47.0. The molecule has 2 aliphatic carbocycles. The zero-order chi connectivity index (χ0) is 54.9. The van der Waals surface area contributed by atoms with Crippen molar-refractivity contribution in [2.24, 2.45) is 40.0 Å². The number of cyclic esters (lactones) is 1. The molecule has 2 aromatic carbocycles. The van der Waals surface area contributed by atoms with Gasteiger partial charge in [-0.3, -0.25) is 44.1 Å². The van der Waals surface area contributed by atoms with Gasteiger partial charge in [-0.25, -0.2) is 5.43 Å². The zero-order valence-corrected chi connectivity index (χ0v) is 47.0. The Bertz CT molecular complexity index is 2800. The predicted molar refractivity (Wildman–Crippen MR) is 297 cm³/mol. The van der Waals surface area contributed by atoms with E-state index in [-0.39, 0.29) is 73.6 Å². The molecule has 0 radical (unpaired) electrons. The number of rotatable bonds is 17. The van der Waals surface area contributed by atoms with Crippen molar-refractivity contribution in [3.8, 4) is 16.9 Å². The van der Waals surface area contributed by atoms with Crippen molar-refractivity contribution in [2.45, 2.75) is 175 Å². The fraction of sp³-hybridized carbons (Fsp3) is 0.623. The molecule has 16 heteroatoms. The van der Waals surface area contributed by atoms with Gasteiger partial charge >= 0.3 is 11.9 Å². The van der Waals surface area contributed by atoms with Crippen LogP contribution in [0.5, 0.6) is 5.75 Å². The van der Waals surface area contributed by atoms with Crippen LogP contribution in [-0.4, -0.2) is 120 Å². The molecule has 0 spiro atoms. The van der Waals surface area contributed by atoms with Gasteiger partial charge in [0, 0.05) is 80.2 Å². The summed E-state index contributed by atoms with van der Waals surface area (Å²) in [5.41, 5.74) is 10.3. The van der Waals surface area contributed by atoms with E-state index in [2.05, 4.69) is 59.6 Å². The van der Waals surface area contributed by atoms with Crippen molar-refractivity contribution >= 4 is 58.1 Å². The lowest BCUT2D eigenvalue weighted by Gasteiger charge is -2.36. The Hall–Kier alpha value is -5.71. The highest BCUT2D eigenvalue weighted by molar-refractivity contribution is 5.96. The molecule has 16 nitrogen and oxygen atoms in total. The quantitative estimate of drug-likeness (QED) is 0.0670. The molecule has 77 heavy (non-hydrogen) atoms. The van der Waals surface area contributed by atoms with Crippen molar-refractivity contribution < 1.29 is 43.0 Å². The van der Waals surface area contributed by atoms with Crippen molar-refractivity contribution in [2.75, 3.05) is 33.9 Å². The number of hydrazine groups is 1. The molecule has 6 bridgehead atoms. The summed E-state index contributed by atoms with van der Waals surface area (Å²) in [7, 11) is 3.39. The molecular weight excluding hydrogens is 975 g/mol. The van der Waals surface area contributed by atoms with Crippen molar-refractivity contribution in [3.63, 3.8) is 0 Å². The summed E-state index contributed by atoms with van der Waals surface area (Å²) in [6.07, 6.45) is 11.5. The smallest absolute Gasteiger partial charge is 0.324 e. The second-order valence-electron chi connectivity index (χ2n) is 24.3. The van der Waals surface area contributed by atoms with Crippen LogP contribution in [-0.2, 0) is 57.6 Å². The van der Waals surface area contributed by atoms with Crippen LogP contribution in [0.3, 0.4) is 0 Å². The van der Waals surface area contributed by atoms with Gasteiger partial charge in [0.25, 0.3) is 5.91 Å². The Morgan fingerprint density at radius 2 is 1.74 bits per heavy atom. The summed E-state index contributed by atoms with van der Waals surface area (Å²) < 4.78 is 20.6. The molecule has 1 aromatic heterocycles. The topological polar surface area (TPSA) is 200 Å². The summed E-state index contributed by atoms with van der Waals surface area (Å²) >= 11 is 0. The SMILES string of the molecule is CCn1c(C2=C([C@H](C)OC)N=CCC2)c2c3cc(ccc31)-c1cc(cc(OC(=O)C(C)C)c1)C[C@H](NC(=O)[C@@H](CC(C)CC(=O)CN(C)C(=O)[C@@H]1N[C@@H]1C1CC1)C1CCCC1)C(=O)N1CCC[C@H](N1)C(=O)OCC(C)(C)C2. The van der Waals surface area contributed by atoms with Crippen LogP contribution in [0.4, 0.5) is 0 Å². The van der Waals surface area contributed by atoms with Gasteiger partial charge in [-0.2, -0.15) is 0 Å². The average Bonchev–Trinajstić information content (AvgIpc) is 4.41. The number of esters is 2. The Kier molecular flexibility index (Phi) is 17.3. The highest BCUT2D eigenvalue weighted by atomic mass is 16.5. The largest absolute Gasteiger partial charge is 0.464 e. The molecule has 7 atom stereocenters. The molecule has 2 saturated carbocycles. The second-order valence-corrected chi connectivity index (χ2v) is 24.3. The number of hydrogen-bond donors (Lipinski definition) is 3. The first-order chi connectivity index (χ1) is 36.8. The van der Waals surface area contributed by atoms with Gasteiger partial charge in [0.1, 0.15) is 23.9 Å². The van der Waals surface area contributed by atoms with Crippen LogP contribution in [0.15, 0.2) is 47.1 Å². The minimum absolute atomic E-state index is 0.0165. The number of hydrogen-bond acceptors (Lipinski definition) is 12. The van der Waals surface area contributed by atoms with Gasteiger partial charge in [0.15, 0.2) is 5.78 Å². The number of nitrogens with one attached hydrogen (secondary N) is 3. The van der Waals surface area contributed by atoms with E-state index in [1.165, 1.54) is 9.91 Å². The molecule has 5 heterocycles. The van der Waals surface area contributed by atoms with Gasteiger partial charge in [0.2, 0.25) is 11.8 Å². The first-order valence-electron chi connectivity index (χ1n) is 28.7. The average molecular weight is 1060 g/mol. The van der Waals surface area contributed by atoms with Gasteiger partial charge in [0.05, 0.1) is 36.6 Å². The number of allylic oxidation sites excluding steroid dienone is 1. The van der Waals surface area contributed by atoms with Crippen LogP contribution in [0, 0.1) is 35.0 Å². The van der Waals surface area contributed by atoms with Crippen molar-refractivity contribution in [1.29, 1.82) is 0 Å². The maximum Gasteiger partial charge on any atom is 0.324 e. The number of nitrogens with zero attached hydrogens (tertiary/aromatic N) is 4. The summed E-state index contributed by atoms with van der Waals surface area (Å²) in [5.74, 6) is -1.72. The number of benzene rings is 2. The van der Waals surface area contributed by atoms with Crippen LogP contribution < -0.4 is 20.8 Å². The van der Waals surface area contributed by atoms with Crippen LogP contribution in [0.25, 0.3) is 27.6 Å². The number of aryl methyl sites for hydroxylation is 1. The van der Waals surface area contributed by atoms with Crippen molar-refractivity contribution in [3.05, 3.63) is 58.9 Å². The number of amides is 3. The molecule has 2 saturated heterocycles. The Morgan fingerprint density at radius 3 is 2.45 bits per heavy atom. The maximum absolute atomic E-state index is 15.2. The van der Waals surface area contributed by atoms with Crippen LogP contribution in [0.1, 0.15) is 142 Å². The first kappa shape index (κ1) is 56.0. The van der Waals surface area contributed by atoms with E-state index >= 15 is 9.59 Å². The number of aromatic nitrogens is 1. The maximum atomic E-state index is 15.2. The number of ether oxygens (including phenoxy) is 3. The third-order valence-electron chi connectivity index (χ3n) is 17.0. The van der Waals surface area contributed by atoms with Gasteiger partial charge in [-0.15, -0.1) is 0 Å². The lowest BCUT2D eigenvalue weighted by Crippen LogP contribution is -2.61. The Morgan fingerprint density at radius 1 is 0.974 bits per heavy atom. The highest BCUT2D eigenvalue weighted by Gasteiger charge is 2.52. The molecule has 6 aliphatic rings. The van der Waals surface area contributed by atoms with Gasteiger partial charge in [-0.1, -0.05) is 59.6 Å². The monoisotopic (exact) mass is 1060 g/mol. The molecule has 4 fully saturated rings.